The zero-order valence-electron chi connectivity index (χ0n) is 18.3. The van der Waals surface area contributed by atoms with Crippen LogP contribution in [-0.4, -0.2) is 52.2 Å². The predicted molar refractivity (Wildman–Crippen MR) is 131 cm³/mol. The van der Waals surface area contributed by atoms with Crippen molar-refractivity contribution in [2.24, 2.45) is 0 Å². The SMILES string of the molecule is [C-]#[N+]c1ncc(N2C(=O)C3(CCC3)N(c3ccc(OC4CN(CC#C)C4)cc3)C2=S)cc1C. The highest BCUT2D eigenvalue weighted by Gasteiger charge is 2.59. The van der Waals surface area contributed by atoms with E-state index in [0.29, 0.717) is 23.2 Å². The normalized spacial score (nSPS) is 19.7. The minimum atomic E-state index is -0.657. The van der Waals surface area contributed by atoms with Crippen LogP contribution < -0.4 is 14.5 Å². The van der Waals surface area contributed by atoms with Crippen LogP contribution in [-0.2, 0) is 4.79 Å². The molecule has 2 saturated heterocycles. The van der Waals surface area contributed by atoms with Gasteiger partial charge in [0.15, 0.2) is 5.11 Å². The van der Waals surface area contributed by atoms with Crippen LogP contribution in [0.3, 0.4) is 0 Å². The van der Waals surface area contributed by atoms with Crippen molar-refractivity contribution in [1.82, 2.24) is 9.88 Å². The van der Waals surface area contributed by atoms with Gasteiger partial charge in [-0.05, 0) is 74.3 Å². The van der Waals surface area contributed by atoms with Crippen LogP contribution in [0, 0.1) is 25.8 Å². The van der Waals surface area contributed by atoms with E-state index in [0.717, 1.165) is 49.4 Å². The van der Waals surface area contributed by atoms with Crippen LogP contribution in [0.2, 0.25) is 0 Å². The van der Waals surface area contributed by atoms with Crippen LogP contribution >= 0.6 is 12.2 Å². The second kappa shape index (κ2) is 8.15. The van der Waals surface area contributed by atoms with Crippen LogP contribution in [0.5, 0.6) is 5.75 Å². The summed E-state index contributed by atoms with van der Waals surface area (Å²) in [6, 6.07) is 9.58. The lowest BCUT2D eigenvalue weighted by Gasteiger charge is -2.43. The molecule has 5 rings (SSSR count). The number of likely N-dealkylation sites (tertiary alicyclic amines) is 1. The lowest BCUT2D eigenvalue weighted by Crippen LogP contribution is -2.55. The van der Waals surface area contributed by atoms with Crippen molar-refractivity contribution in [1.29, 1.82) is 0 Å². The predicted octanol–water partition coefficient (Wildman–Crippen LogP) is 3.70. The standard InChI is InChI=1S/C25H23N5O2S/c1-4-12-28-15-21(16-28)32-20-8-6-18(7-9-20)30-24(33)29(23(31)25(30)10-5-11-25)19-13-17(2)22(26-3)27-14-19/h1,6-9,13-14,21H,5,10-12,15-16H2,2H3. The molecule has 0 unspecified atom stereocenters. The molecule has 2 aromatic rings. The molecular weight excluding hydrogens is 434 g/mol. The van der Waals surface area contributed by atoms with Crippen LogP contribution in [0.15, 0.2) is 36.5 Å². The van der Waals surface area contributed by atoms with E-state index in [2.05, 4.69) is 20.6 Å². The fourth-order valence-electron chi connectivity index (χ4n) is 4.72. The monoisotopic (exact) mass is 457 g/mol. The molecular formula is C25H23N5O2S. The van der Waals surface area contributed by atoms with Gasteiger partial charge in [0.05, 0.1) is 12.2 Å². The molecule has 1 aromatic heterocycles. The molecule has 1 aromatic carbocycles. The van der Waals surface area contributed by atoms with Gasteiger partial charge in [0.1, 0.15) is 23.6 Å². The van der Waals surface area contributed by atoms with Crippen molar-refractivity contribution in [2.75, 3.05) is 29.4 Å². The van der Waals surface area contributed by atoms with Gasteiger partial charge in [-0.3, -0.25) is 14.6 Å². The number of amides is 1. The van der Waals surface area contributed by atoms with Gasteiger partial charge < -0.3 is 14.5 Å². The lowest BCUT2D eigenvalue weighted by molar-refractivity contribution is -0.123. The molecule has 3 heterocycles. The molecule has 1 saturated carbocycles. The van der Waals surface area contributed by atoms with Gasteiger partial charge in [-0.1, -0.05) is 12.5 Å². The number of carbonyl (C=O) groups is 1. The Morgan fingerprint density at radius 1 is 1.30 bits per heavy atom. The first-order valence-electron chi connectivity index (χ1n) is 10.9. The van der Waals surface area contributed by atoms with Gasteiger partial charge in [-0.25, -0.2) is 0 Å². The van der Waals surface area contributed by atoms with E-state index in [1.165, 1.54) is 0 Å². The maximum Gasteiger partial charge on any atom is 0.272 e. The van der Waals surface area contributed by atoms with Gasteiger partial charge in [0, 0.05) is 18.8 Å². The van der Waals surface area contributed by atoms with Crippen LogP contribution in [0.4, 0.5) is 17.2 Å². The summed E-state index contributed by atoms with van der Waals surface area (Å²) in [5, 5.41) is 0.439. The van der Waals surface area contributed by atoms with Crippen molar-refractivity contribution in [2.45, 2.75) is 37.8 Å². The van der Waals surface area contributed by atoms with Crippen molar-refractivity contribution >= 4 is 40.4 Å². The van der Waals surface area contributed by atoms with E-state index in [1.807, 2.05) is 36.1 Å². The fourth-order valence-corrected chi connectivity index (χ4v) is 5.19. The quantitative estimate of drug-likeness (QED) is 0.388. The van der Waals surface area contributed by atoms with Crippen LogP contribution in [0.1, 0.15) is 24.8 Å². The molecule has 8 heteroatoms. The Morgan fingerprint density at radius 2 is 2.03 bits per heavy atom. The summed E-state index contributed by atoms with van der Waals surface area (Å²) in [4.78, 5) is 26.9. The summed E-state index contributed by atoms with van der Waals surface area (Å²) in [7, 11) is 0. The first-order chi connectivity index (χ1) is 16.0. The third kappa shape index (κ3) is 3.43. The van der Waals surface area contributed by atoms with E-state index in [9.17, 15) is 4.79 Å². The van der Waals surface area contributed by atoms with Gasteiger partial charge in [-0.15, -0.1) is 11.4 Å². The molecule has 1 aliphatic carbocycles. The average Bonchev–Trinajstić information content (AvgIpc) is 2.99. The highest BCUT2D eigenvalue weighted by atomic mass is 32.1. The molecule has 7 nitrogen and oxygen atoms in total. The minimum Gasteiger partial charge on any atom is -0.488 e. The number of rotatable bonds is 5. The highest BCUT2D eigenvalue weighted by Crippen LogP contribution is 2.48. The number of ether oxygens (including phenoxy) is 1. The summed E-state index contributed by atoms with van der Waals surface area (Å²) in [6.45, 7) is 11.3. The molecule has 1 amide bonds. The number of terminal acetylenes is 1. The van der Waals surface area contributed by atoms with Gasteiger partial charge in [0.25, 0.3) is 11.7 Å². The number of aromatic nitrogens is 1. The van der Waals surface area contributed by atoms with E-state index in [-0.39, 0.29) is 12.0 Å². The second-order valence-electron chi connectivity index (χ2n) is 8.72. The Balaban J connectivity index is 1.38. The maximum absolute atomic E-state index is 13.6. The molecule has 33 heavy (non-hydrogen) atoms. The van der Waals surface area contributed by atoms with Gasteiger partial charge >= 0.3 is 0 Å². The Labute approximate surface area is 198 Å². The first-order valence-corrected chi connectivity index (χ1v) is 11.3. The Kier molecular flexibility index (Phi) is 5.28. The van der Waals surface area contributed by atoms with E-state index in [4.69, 9.17) is 30.0 Å². The number of nitrogens with zero attached hydrogens (tertiary/aromatic N) is 5. The molecule has 0 bridgehead atoms. The maximum atomic E-state index is 13.6. The molecule has 166 valence electrons. The zero-order chi connectivity index (χ0) is 23.2. The van der Waals surface area contributed by atoms with E-state index >= 15 is 0 Å². The summed E-state index contributed by atoms with van der Waals surface area (Å²) >= 11 is 5.81. The van der Waals surface area contributed by atoms with Crippen LogP contribution in [0.25, 0.3) is 4.85 Å². The number of hydrogen-bond acceptors (Lipinski definition) is 5. The summed E-state index contributed by atoms with van der Waals surface area (Å²) in [6.07, 6.45) is 9.52. The molecule has 3 aliphatic rings. The number of carbonyl (C=O) groups excluding carboxylic acids is 1. The van der Waals surface area contributed by atoms with Crippen molar-refractivity contribution in [3.8, 4) is 18.1 Å². The molecule has 1 spiro atoms. The number of aryl methyl sites for hydroxylation is 1. The molecule has 3 fully saturated rings. The molecule has 2 aliphatic heterocycles. The van der Waals surface area contributed by atoms with Crippen molar-refractivity contribution in [3.63, 3.8) is 0 Å². The number of pyridine rings is 1. The summed E-state index contributed by atoms with van der Waals surface area (Å²) in [5.74, 6) is 3.73. The third-order valence-electron chi connectivity index (χ3n) is 6.63. The number of benzene rings is 1. The van der Waals surface area contributed by atoms with Gasteiger partial charge in [0.2, 0.25) is 0 Å². The van der Waals surface area contributed by atoms with Crippen molar-refractivity contribution < 1.29 is 9.53 Å². The largest absolute Gasteiger partial charge is 0.488 e. The molecule has 0 N–H and O–H groups in total. The Hall–Kier alpha value is -3.46. The fraction of sp³-hybridized carbons (Fsp3) is 0.360. The number of hydrogen-bond donors (Lipinski definition) is 0. The summed E-state index contributed by atoms with van der Waals surface area (Å²) in [5.41, 5.74) is 1.53. The van der Waals surface area contributed by atoms with Crippen molar-refractivity contribution in [3.05, 3.63) is 53.5 Å². The third-order valence-corrected chi connectivity index (χ3v) is 6.99. The highest BCUT2D eigenvalue weighted by molar-refractivity contribution is 7.81. The minimum absolute atomic E-state index is 0.0288. The van der Waals surface area contributed by atoms with Gasteiger partial charge in [-0.2, -0.15) is 0 Å². The zero-order valence-corrected chi connectivity index (χ0v) is 19.1. The number of anilines is 2. The summed E-state index contributed by atoms with van der Waals surface area (Å²) < 4.78 is 6.04. The first kappa shape index (κ1) is 21.4. The average molecular weight is 458 g/mol. The number of thiocarbonyl (C=S) groups is 1. The topological polar surface area (TPSA) is 53.3 Å². The van der Waals surface area contributed by atoms with E-state index in [1.54, 1.807) is 17.2 Å². The lowest BCUT2D eigenvalue weighted by atomic mass is 9.75. The Morgan fingerprint density at radius 3 is 2.61 bits per heavy atom. The molecule has 0 atom stereocenters. The Bertz CT molecular complexity index is 1200. The second-order valence-corrected chi connectivity index (χ2v) is 9.09. The smallest absolute Gasteiger partial charge is 0.272 e. The molecule has 0 radical (unpaired) electrons. The van der Waals surface area contributed by atoms with E-state index < -0.39 is 5.54 Å².